The summed E-state index contributed by atoms with van der Waals surface area (Å²) < 4.78 is 25.9. The van der Waals surface area contributed by atoms with Gasteiger partial charge in [0.25, 0.3) is 16.0 Å². The molecule has 1 atom stereocenters. The highest BCUT2D eigenvalue weighted by Crippen LogP contribution is 2.29. The molecule has 25 heavy (non-hydrogen) atoms. The molecule has 0 heterocycles. The van der Waals surface area contributed by atoms with Gasteiger partial charge in [-0.1, -0.05) is 44.0 Å². The zero-order valence-electron chi connectivity index (χ0n) is 14.5. The minimum atomic E-state index is -3.67. The van der Waals surface area contributed by atoms with Gasteiger partial charge in [-0.05, 0) is 36.0 Å². The second-order valence-corrected chi connectivity index (χ2v) is 7.38. The number of carbonyl (C=O) groups excluding carboxylic acids is 1. The molecule has 0 fully saturated rings. The van der Waals surface area contributed by atoms with Crippen LogP contribution in [0.1, 0.15) is 37.3 Å². The summed E-state index contributed by atoms with van der Waals surface area (Å²) >= 11 is 0. The first-order valence-electron chi connectivity index (χ1n) is 7.98. The summed E-state index contributed by atoms with van der Waals surface area (Å²) in [7, 11) is -3.67. The van der Waals surface area contributed by atoms with Crippen LogP contribution in [-0.4, -0.2) is 31.5 Å². The van der Waals surface area contributed by atoms with Gasteiger partial charge >= 0.3 is 0 Å². The minimum Gasteiger partial charge on any atom is -0.322 e. The zero-order chi connectivity index (χ0) is 18.9. The Morgan fingerprint density at radius 2 is 2.04 bits per heavy atom. The smallest absolute Gasteiger partial charge is 0.261 e. The molecule has 1 aromatic rings. The first-order valence-corrected chi connectivity index (χ1v) is 9.83. The molecule has 0 radical (unpaired) electrons. The normalized spacial score (nSPS) is 16.9. The summed E-state index contributed by atoms with van der Waals surface area (Å²) in [6.45, 7) is 2.18. The Labute approximate surface area is 148 Å². The van der Waals surface area contributed by atoms with E-state index in [1.54, 1.807) is 0 Å². The number of carbonyl (C=O) groups is 1. The summed E-state index contributed by atoms with van der Waals surface area (Å²) in [5, 5.41) is 5.91. The molecule has 0 bridgehead atoms. The first-order chi connectivity index (χ1) is 11.7. The van der Waals surface area contributed by atoms with E-state index < -0.39 is 10.1 Å². The number of hydrazone groups is 1. The number of nitrogens with two attached hydrogens (primary N) is 1. The highest BCUT2D eigenvalue weighted by atomic mass is 32.2. The number of rotatable bonds is 4. The van der Waals surface area contributed by atoms with Crippen LogP contribution in [0.5, 0.6) is 0 Å². The standard InChI is InChI=1S/C16H21N3O.CH4O3S/c1-2-5-12-8-13-6-3-4-7-14(13)10-15(9-12)16(20)18-11-19-17;1-5(2,3)4/h3-4,6-7,10-12H,2,5,8-9,17H2,1H3,(H,18,19,20);1H3,(H,2,3,4). The molecule has 1 aliphatic rings. The molecule has 0 spiro atoms. The predicted octanol–water partition coefficient (Wildman–Crippen LogP) is 1.95. The Morgan fingerprint density at radius 3 is 2.64 bits per heavy atom. The van der Waals surface area contributed by atoms with Crippen molar-refractivity contribution in [1.29, 1.82) is 0 Å². The fourth-order valence-corrected chi connectivity index (χ4v) is 2.76. The maximum Gasteiger partial charge on any atom is 0.261 e. The molecule has 1 aliphatic carbocycles. The van der Waals surface area contributed by atoms with E-state index in [1.807, 2.05) is 12.1 Å². The highest BCUT2D eigenvalue weighted by Gasteiger charge is 2.20. The third-order valence-corrected chi connectivity index (χ3v) is 3.66. The van der Waals surface area contributed by atoms with E-state index in [4.69, 9.17) is 10.4 Å². The van der Waals surface area contributed by atoms with Gasteiger partial charge in [-0.2, -0.15) is 13.5 Å². The van der Waals surface area contributed by atoms with Crippen molar-refractivity contribution in [2.45, 2.75) is 32.6 Å². The molecule has 1 unspecified atom stereocenters. The van der Waals surface area contributed by atoms with Crippen molar-refractivity contribution in [3.05, 3.63) is 41.0 Å². The van der Waals surface area contributed by atoms with E-state index >= 15 is 0 Å². The van der Waals surface area contributed by atoms with Gasteiger partial charge in [0.15, 0.2) is 0 Å². The van der Waals surface area contributed by atoms with Gasteiger partial charge in [-0.3, -0.25) is 9.35 Å². The number of fused-ring (bicyclic) bond motifs is 1. The SMILES string of the molecule is CCCC1CC(C(=O)NC=NN)=Cc2ccccc2C1.CS(=O)(=O)O. The average Bonchev–Trinajstić information content (AvgIpc) is 2.70. The van der Waals surface area contributed by atoms with Gasteiger partial charge in [0, 0.05) is 5.57 Å². The van der Waals surface area contributed by atoms with Gasteiger partial charge in [-0.15, -0.1) is 0 Å². The molecule has 7 nitrogen and oxygen atoms in total. The molecule has 138 valence electrons. The summed E-state index contributed by atoms with van der Waals surface area (Å²) in [6.07, 6.45) is 8.03. The minimum absolute atomic E-state index is 0.114. The van der Waals surface area contributed by atoms with Crippen molar-refractivity contribution in [1.82, 2.24) is 5.32 Å². The Kier molecular flexibility index (Phi) is 8.30. The van der Waals surface area contributed by atoms with Crippen LogP contribution in [0.25, 0.3) is 6.08 Å². The van der Waals surface area contributed by atoms with Crippen LogP contribution in [0.2, 0.25) is 0 Å². The molecular formula is C17H25N3O4S. The Morgan fingerprint density at radius 1 is 1.40 bits per heavy atom. The second-order valence-electron chi connectivity index (χ2n) is 5.92. The molecule has 2 rings (SSSR count). The topological polar surface area (TPSA) is 122 Å². The first kappa shape index (κ1) is 20.9. The lowest BCUT2D eigenvalue weighted by Gasteiger charge is -2.15. The van der Waals surface area contributed by atoms with Crippen molar-refractivity contribution in [3.8, 4) is 0 Å². The van der Waals surface area contributed by atoms with Gasteiger partial charge in [0.05, 0.1) is 6.26 Å². The van der Waals surface area contributed by atoms with Crippen molar-refractivity contribution in [2.24, 2.45) is 16.9 Å². The Balaban J connectivity index is 0.000000550. The Bertz CT molecular complexity index is 734. The molecule has 4 N–H and O–H groups in total. The van der Waals surface area contributed by atoms with Crippen LogP contribution >= 0.6 is 0 Å². The van der Waals surface area contributed by atoms with Gasteiger partial charge < -0.3 is 11.2 Å². The molecule has 1 aromatic carbocycles. The lowest BCUT2D eigenvalue weighted by atomic mass is 9.91. The number of nitrogens with zero attached hydrogens (tertiary/aromatic N) is 1. The van der Waals surface area contributed by atoms with Gasteiger partial charge in [0.2, 0.25) is 0 Å². The number of benzene rings is 1. The van der Waals surface area contributed by atoms with E-state index in [0.717, 1.165) is 36.8 Å². The fourth-order valence-electron chi connectivity index (χ4n) is 2.76. The summed E-state index contributed by atoms with van der Waals surface area (Å²) in [5.41, 5.74) is 3.26. The molecule has 0 aliphatic heterocycles. The maximum atomic E-state index is 12.1. The molecule has 1 amide bonds. The fraction of sp³-hybridized carbons (Fsp3) is 0.412. The van der Waals surface area contributed by atoms with Crippen molar-refractivity contribution in [2.75, 3.05) is 6.26 Å². The van der Waals surface area contributed by atoms with Crippen molar-refractivity contribution >= 4 is 28.4 Å². The van der Waals surface area contributed by atoms with E-state index in [-0.39, 0.29) is 5.91 Å². The van der Waals surface area contributed by atoms with Crippen LogP contribution in [0.15, 0.2) is 34.9 Å². The average molecular weight is 367 g/mol. The van der Waals surface area contributed by atoms with E-state index in [2.05, 4.69) is 35.5 Å². The van der Waals surface area contributed by atoms with E-state index in [0.29, 0.717) is 12.2 Å². The number of hydrogen-bond acceptors (Lipinski definition) is 5. The van der Waals surface area contributed by atoms with Crippen LogP contribution in [0.3, 0.4) is 0 Å². The monoisotopic (exact) mass is 367 g/mol. The van der Waals surface area contributed by atoms with Crippen molar-refractivity contribution in [3.63, 3.8) is 0 Å². The van der Waals surface area contributed by atoms with Gasteiger partial charge in [0.1, 0.15) is 6.34 Å². The quantitative estimate of drug-likeness (QED) is 0.247. The number of hydrogen-bond donors (Lipinski definition) is 3. The predicted molar refractivity (Wildman–Crippen MR) is 99.4 cm³/mol. The van der Waals surface area contributed by atoms with Crippen LogP contribution in [0.4, 0.5) is 0 Å². The maximum absolute atomic E-state index is 12.1. The third kappa shape index (κ3) is 8.46. The lowest BCUT2D eigenvalue weighted by molar-refractivity contribution is -0.116. The van der Waals surface area contributed by atoms with Crippen LogP contribution in [0, 0.1) is 5.92 Å². The highest BCUT2D eigenvalue weighted by molar-refractivity contribution is 7.85. The van der Waals surface area contributed by atoms with E-state index in [1.165, 1.54) is 11.9 Å². The molecule has 8 heteroatoms. The molecule has 0 saturated carbocycles. The van der Waals surface area contributed by atoms with Crippen LogP contribution in [-0.2, 0) is 21.3 Å². The number of nitrogens with one attached hydrogen (secondary N) is 1. The largest absolute Gasteiger partial charge is 0.322 e. The Hall–Kier alpha value is -2.19. The van der Waals surface area contributed by atoms with Crippen LogP contribution < -0.4 is 11.2 Å². The zero-order valence-corrected chi connectivity index (χ0v) is 15.3. The summed E-state index contributed by atoms with van der Waals surface area (Å²) in [6, 6.07) is 8.28. The van der Waals surface area contributed by atoms with E-state index in [9.17, 15) is 13.2 Å². The van der Waals surface area contributed by atoms with Gasteiger partial charge in [-0.25, -0.2) is 0 Å². The molecular weight excluding hydrogens is 342 g/mol. The number of amides is 1. The molecule has 0 saturated heterocycles. The van der Waals surface area contributed by atoms with Crippen molar-refractivity contribution < 1.29 is 17.8 Å². The summed E-state index contributed by atoms with van der Waals surface area (Å²) in [4.78, 5) is 12.1. The second kappa shape index (κ2) is 9.95. The lowest BCUT2D eigenvalue weighted by Crippen LogP contribution is -2.25. The molecule has 0 aromatic heterocycles. The summed E-state index contributed by atoms with van der Waals surface area (Å²) in [5.74, 6) is 5.42. The third-order valence-electron chi connectivity index (χ3n) is 3.66.